The van der Waals surface area contributed by atoms with Crippen LogP contribution in [0.25, 0.3) is 0 Å². The zero-order chi connectivity index (χ0) is 19.9. The third-order valence-electron chi connectivity index (χ3n) is 3.98. The second-order valence-corrected chi connectivity index (χ2v) is 6.76. The molecule has 0 spiro atoms. The minimum absolute atomic E-state index is 0.180. The normalized spacial score (nSPS) is 10.5. The molecule has 0 radical (unpaired) electrons. The fraction of sp³-hybridized carbons (Fsp3) is 0.238. The molecule has 3 aromatic rings. The van der Waals surface area contributed by atoms with Crippen molar-refractivity contribution >= 4 is 21.9 Å². The summed E-state index contributed by atoms with van der Waals surface area (Å²) >= 11 is 3.43. The smallest absolute Gasteiger partial charge is 0.357 e. The van der Waals surface area contributed by atoms with E-state index >= 15 is 0 Å². The Labute approximate surface area is 172 Å². The van der Waals surface area contributed by atoms with Crippen molar-refractivity contribution in [2.75, 3.05) is 6.61 Å². The number of aryl methyl sites for hydroxylation is 1. The number of nitrogens with zero attached hydrogens (tertiary/aromatic N) is 2. The molecule has 7 heteroatoms. The molecule has 3 rings (SSSR count). The van der Waals surface area contributed by atoms with Gasteiger partial charge in [0, 0.05) is 7.05 Å². The van der Waals surface area contributed by atoms with Gasteiger partial charge in [-0.05, 0) is 40.5 Å². The van der Waals surface area contributed by atoms with E-state index in [2.05, 4.69) is 21.0 Å². The van der Waals surface area contributed by atoms with Gasteiger partial charge in [-0.3, -0.25) is 4.68 Å². The molecule has 6 nitrogen and oxygen atoms in total. The SMILES string of the molecule is CCOC(=O)c1c(Br)c(COc2ccccc2OCc2ccccc2)nn1C. The lowest BCUT2D eigenvalue weighted by molar-refractivity contribution is 0.0512. The molecule has 0 fully saturated rings. The first-order valence-corrected chi connectivity index (χ1v) is 9.66. The van der Waals surface area contributed by atoms with Crippen LogP contribution in [-0.2, 0) is 25.0 Å². The number of hydrogen-bond acceptors (Lipinski definition) is 5. The Kier molecular flexibility index (Phi) is 6.71. The molecule has 0 saturated carbocycles. The molecule has 0 atom stereocenters. The molecule has 28 heavy (non-hydrogen) atoms. The third kappa shape index (κ3) is 4.72. The van der Waals surface area contributed by atoms with Gasteiger partial charge in [-0.2, -0.15) is 5.10 Å². The van der Waals surface area contributed by atoms with E-state index < -0.39 is 5.97 Å². The lowest BCUT2D eigenvalue weighted by atomic mass is 10.2. The molecule has 0 saturated heterocycles. The molecule has 0 aliphatic carbocycles. The van der Waals surface area contributed by atoms with Crippen molar-refractivity contribution in [3.63, 3.8) is 0 Å². The highest BCUT2D eigenvalue weighted by Crippen LogP contribution is 2.29. The van der Waals surface area contributed by atoms with Crippen molar-refractivity contribution in [2.45, 2.75) is 20.1 Å². The van der Waals surface area contributed by atoms with Crippen LogP contribution in [0.5, 0.6) is 11.5 Å². The highest BCUT2D eigenvalue weighted by molar-refractivity contribution is 9.10. The Balaban J connectivity index is 1.70. The Morgan fingerprint density at radius 3 is 2.25 bits per heavy atom. The number of hydrogen-bond donors (Lipinski definition) is 0. The van der Waals surface area contributed by atoms with Crippen molar-refractivity contribution in [3.05, 3.63) is 76.0 Å². The van der Waals surface area contributed by atoms with E-state index in [9.17, 15) is 4.79 Å². The standard InChI is InChI=1S/C21H21BrN2O4/c1-3-26-21(25)20-19(22)16(23-24(20)2)14-28-18-12-8-7-11-17(18)27-13-15-9-5-4-6-10-15/h4-12H,3,13-14H2,1-2H3. The number of carbonyl (C=O) groups excluding carboxylic acids is 1. The van der Waals surface area contributed by atoms with Gasteiger partial charge in [0.25, 0.3) is 0 Å². The number of halogens is 1. The number of benzene rings is 2. The first-order valence-electron chi connectivity index (χ1n) is 8.87. The number of aromatic nitrogens is 2. The monoisotopic (exact) mass is 444 g/mol. The van der Waals surface area contributed by atoms with Gasteiger partial charge in [0.15, 0.2) is 17.2 Å². The van der Waals surface area contributed by atoms with Gasteiger partial charge in [-0.1, -0.05) is 42.5 Å². The van der Waals surface area contributed by atoms with E-state index in [4.69, 9.17) is 14.2 Å². The summed E-state index contributed by atoms with van der Waals surface area (Å²) in [4.78, 5) is 12.1. The van der Waals surface area contributed by atoms with E-state index in [0.29, 0.717) is 40.6 Å². The maximum absolute atomic E-state index is 12.1. The molecule has 2 aromatic carbocycles. The minimum Gasteiger partial charge on any atom is -0.485 e. The molecule has 0 amide bonds. The number of carbonyl (C=O) groups is 1. The van der Waals surface area contributed by atoms with E-state index in [1.54, 1.807) is 14.0 Å². The van der Waals surface area contributed by atoms with E-state index in [-0.39, 0.29) is 6.61 Å². The van der Waals surface area contributed by atoms with Crippen LogP contribution < -0.4 is 9.47 Å². The van der Waals surface area contributed by atoms with Crippen LogP contribution in [0.2, 0.25) is 0 Å². The lowest BCUT2D eigenvalue weighted by Gasteiger charge is -2.12. The van der Waals surface area contributed by atoms with Crippen LogP contribution in [0.15, 0.2) is 59.1 Å². The average molecular weight is 445 g/mol. The van der Waals surface area contributed by atoms with Gasteiger partial charge in [0.05, 0.1) is 11.1 Å². The Morgan fingerprint density at radius 1 is 1.00 bits per heavy atom. The predicted octanol–water partition coefficient (Wildman–Crippen LogP) is 4.52. The number of esters is 1. The second kappa shape index (κ2) is 9.41. The summed E-state index contributed by atoms with van der Waals surface area (Å²) in [6, 6.07) is 17.4. The largest absolute Gasteiger partial charge is 0.485 e. The zero-order valence-corrected chi connectivity index (χ0v) is 17.3. The molecular formula is C21H21BrN2O4. The summed E-state index contributed by atoms with van der Waals surface area (Å²) in [5.74, 6) is 0.819. The van der Waals surface area contributed by atoms with E-state index in [1.165, 1.54) is 4.68 Å². The summed E-state index contributed by atoms with van der Waals surface area (Å²) in [7, 11) is 1.69. The van der Waals surface area contributed by atoms with Crippen molar-refractivity contribution in [2.24, 2.45) is 7.05 Å². The molecule has 1 aromatic heterocycles. The van der Waals surface area contributed by atoms with E-state index in [1.807, 2.05) is 54.6 Å². The second-order valence-electron chi connectivity index (χ2n) is 5.96. The molecule has 0 N–H and O–H groups in total. The van der Waals surface area contributed by atoms with Crippen LogP contribution in [0, 0.1) is 0 Å². The minimum atomic E-state index is -0.429. The molecule has 1 heterocycles. The predicted molar refractivity (Wildman–Crippen MR) is 108 cm³/mol. The molecule has 0 aliphatic heterocycles. The average Bonchev–Trinajstić information content (AvgIpc) is 2.99. The summed E-state index contributed by atoms with van der Waals surface area (Å²) < 4.78 is 18.9. The van der Waals surface area contributed by atoms with Gasteiger partial charge in [0.1, 0.15) is 18.9 Å². The van der Waals surface area contributed by atoms with Crippen molar-refractivity contribution in [1.82, 2.24) is 9.78 Å². The third-order valence-corrected chi connectivity index (χ3v) is 4.81. The molecule has 0 bridgehead atoms. The zero-order valence-electron chi connectivity index (χ0n) is 15.7. The Bertz CT molecular complexity index is 941. The van der Waals surface area contributed by atoms with Crippen molar-refractivity contribution < 1.29 is 19.0 Å². The van der Waals surface area contributed by atoms with Gasteiger partial charge in [0.2, 0.25) is 0 Å². The van der Waals surface area contributed by atoms with Crippen LogP contribution in [-0.4, -0.2) is 22.4 Å². The van der Waals surface area contributed by atoms with E-state index in [0.717, 1.165) is 5.56 Å². The molecular weight excluding hydrogens is 424 g/mol. The number of rotatable bonds is 8. The highest BCUT2D eigenvalue weighted by Gasteiger charge is 2.22. The summed E-state index contributed by atoms with van der Waals surface area (Å²) in [5.41, 5.74) is 2.03. The summed E-state index contributed by atoms with van der Waals surface area (Å²) in [6.45, 7) is 2.69. The van der Waals surface area contributed by atoms with Crippen LogP contribution in [0.1, 0.15) is 28.7 Å². The molecule has 0 aliphatic rings. The Hall–Kier alpha value is -2.80. The first-order chi connectivity index (χ1) is 13.6. The topological polar surface area (TPSA) is 62.6 Å². The number of para-hydroxylation sites is 2. The van der Waals surface area contributed by atoms with Crippen molar-refractivity contribution in [3.8, 4) is 11.5 Å². The van der Waals surface area contributed by atoms with Crippen LogP contribution in [0.3, 0.4) is 0 Å². The summed E-state index contributed by atoms with van der Waals surface area (Å²) in [6.07, 6.45) is 0. The van der Waals surface area contributed by atoms with Gasteiger partial charge >= 0.3 is 5.97 Å². The fourth-order valence-corrected chi connectivity index (χ4v) is 3.25. The maximum atomic E-state index is 12.1. The number of ether oxygens (including phenoxy) is 3. The molecule has 146 valence electrons. The van der Waals surface area contributed by atoms with Gasteiger partial charge in [-0.25, -0.2) is 4.79 Å². The lowest BCUT2D eigenvalue weighted by Crippen LogP contribution is -2.10. The Morgan fingerprint density at radius 2 is 1.61 bits per heavy atom. The first kappa shape index (κ1) is 19.9. The quantitative estimate of drug-likeness (QED) is 0.478. The van der Waals surface area contributed by atoms with Crippen LogP contribution in [0.4, 0.5) is 0 Å². The fourth-order valence-electron chi connectivity index (χ4n) is 2.64. The highest BCUT2D eigenvalue weighted by atomic mass is 79.9. The van der Waals surface area contributed by atoms with Gasteiger partial charge in [-0.15, -0.1) is 0 Å². The molecule has 0 unspecified atom stereocenters. The maximum Gasteiger partial charge on any atom is 0.357 e. The van der Waals surface area contributed by atoms with Gasteiger partial charge < -0.3 is 14.2 Å². The summed E-state index contributed by atoms with van der Waals surface area (Å²) in [5, 5.41) is 4.35. The van der Waals surface area contributed by atoms with Crippen LogP contribution >= 0.6 is 15.9 Å². The van der Waals surface area contributed by atoms with Crippen molar-refractivity contribution in [1.29, 1.82) is 0 Å².